The average molecular weight is 351 g/mol. The molecule has 0 saturated heterocycles. The first kappa shape index (κ1) is 15.4. The Balaban J connectivity index is 1.78. The second-order valence-electron chi connectivity index (χ2n) is 7.12. The standard InChI is InChI=1S/C20H18FN3O2/c1-26-19(25)24-17(12-4-2-5-13(21)10-12)16-15(11-20(24)7-8-20)14-6-3-9-22-18(14)23-16/h2-6,9-10,17H,7-8,11H2,1H3,(H,22,23). The molecule has 1 saturated carbocycles. The van der Waals surface area contributed by atoms with Gasteiger partial charge in [-0.3, -0.25) is 4.90 Å². The van der Waals surface area contributed by atoms with Gasteiger partial charge < -0.3 is 9.72 Å². The van der Waals surface area contributed by atoms with Crippen molar-refractivity contribution in [1.29, 1.82) is 0 Å². The third kappa shape index (κ3) is 2.08. The van der Waals surface area contributed by atoms with Crippen LogP contribution in [0.1, 0.15) is 35.7 Å². The molecule has 26 heavy (non-hydrogen) atoms. The Kier molecular flexibility index (Phi) is 3.13. The number of aromatic amines is 1. The van der Waals surface area contributed by atoms with Crippen molar-refractivity contribution < 1.29 is 13.9 Å². The van der Waals surface area contributed by atoms with Gasteiger partial charge in [0.25, 0.3) is 0 Å². The van der Waals surface area contributed by atoms with E-state index in [1.807, 2.05) is 18.2 Å². The van der Waals surface area contributed by atoms with Gasteiger partial charge in [-0.1, -0.05) is 12.1 Å². The summed E-state index contributed by atoms with van der Waals surface area (Å²) in [5.41, 5.74) is 3.32. The highest BCUT2D eigenvalue weighted by Gasteiger charge is 2.57. The lowest BCUT2D eigenvalue weighted by atomic mass is 9.87. The first-order valence-corrected chi connectivity index (χ1v) is 8.71. The monoisotopic (exact) mass is 351 g/mol. The van der Waals surface area contributed by atoms with Crippen LogP contribution in [0.25, 0.3) is 11.0 Å². The predicted octanol–water partition coefficient (Wildman–Crippen LogP) is 3.95. The number of rotatable bonds is 1. The Hall–Kier alpha value is -2.89. The Morgan fingerprint density at radius 1 is 1.35 bits per heavy atom. The van der Waals surface area contributed by atoms with Crippen molar-refractivity contribution >= 4 is 17.1 Å². The number of ether oxygens (including phenoxy) is 1. The summed E-state index contributed by atoms with van der Waals surface area (Å²) < 4.78 is 19.1. The molecule has 1 aromatic carbocycles. The van der Waals surface area contributed by atoms with E-state index in [2.05, 4.69) is 9.97 Å². The fraction of sp³-hybridized carbons (Fsp3) is 0.300. The highest BCUT2D eigenvalue weighted by Crippen LogP contribution is 2.55. The molecule has 6 heteroatoms. The van der Waals surface area contributed by atoms with Crippen molar-refractivity contribution in [2.45, 2.75) is 30.8 Å². The van der Waals surface area contributed by atoms with Gasteiger partial charge >= 0.3 is 6.09 Å². The van der Waals surface area contributed by atoms with Gasteiger partial charge in [0.2, 0.25) is 0 Å². The maximum absolute atomic E-state index is 14.0. The molecule has 0 radical (unpaired) electrons. The number of hydrogen-bond acceptors (Lipinski definition) is 3. The van der Waals surface area contributed by atoms with Gasteiger partial charge in [-0.2, -0.15) is 0 Å². The molecule has 1 spiro atoms. The first-order chi connectivity index (χ1) is 12.6. The number of halogens is 1. The number of H-pyrrole nitrogens is 1. The molecule has 132 valence electrons. The van der Waals surface area contributed by atoms with Gasteiger partial charge in [0.15, 0.2) is 0 Å². The van der Waals surface area contributed by atoms with Crippen molar-refractivity contribution in [2.24, 2.45) is 0 Å². The zero-order valence-corrected chi connectivity index (χ0v) is 14.3. The van der Waals surface area contributed by atoms with Crippen molar-refractivity contribution in [3.05, 3.63) is 65.2 Å². The number of hydrogen-bond donors (Lipinski definition) is 1. The second-order valence-corrected chi connectivity index (χ2v) is 7.12. The van der Waals surface area contributed by atoms with Crippen LogP contribution in [-0.2, 0) is 11.2 Å². The smallest absolute Gasteiger partial charge is 0.410 e. The number of nitrogens with zero attached hydrogens (tertiary/aromatic N) is 2. The molecule has 2 aromatic heterocycles. The maximum Gasteiger partial charge on any atom is 0.410 e. The molecule has 1 amide bonds. The number of fused-ring (bicyclic) bond motifs is 3. The third-order valence-corrected chi connectivity index (χ3v) is 5.62. The van der Waals surface area contributed by atoms with Crippen LogP contribution in [-0.4, -0.2) is 33.6 Å². The first-order valence-electron chi connectivity index (χ1n) is 8.71. The van der Waals surface area contributed by atoms with Gasteiger partial charge in [-0.25, -0.2) is 14.2 Å². The van der Waals surface area contributed by atoms with Crippen molar-refractivity contribution in [1.82, 2.24) is 14.9 Å². The minimum Gasteiger partial charge on any atom is -0.453 e. The fourth-order valence-corrected chi connectivity index (χ4v) is 4.29. The number of amides is 1. The highest BCUT2D eigenvalue weighted by atomic mass is 19.1. The van der Waals surface area contributed by atoms with E-state index in [-0.39, 0.29) is 17.4 Å². The molecule has 5 rings (SSSR count). The zero-order chi connectivity index (χ0) is 17.9. The van der Waals surface area contributed by atoms with E-state index >= 15 is 0 Å². The minimum absolute atomic E-state index is 0.262. The van der Waals surface area contributed by atoms with Gasteiger partial charge in [0, 0.05) is 17.3 Å². The maximum atomic E-state index is 14.0. The normalized spacial score (nSPS) is 20.2. The predicted molar refractivity (Wildman–Crippen MR) is 94.2 cm³/mol. The highest BCUT2D eigenvalue weighted by molar-refractivity contribution is 5.84. The summed E-state index contributed by atoms with van der Waals surface area (Å²) in [6.07, 6.45) is 3.95. The average Bonchev–Trinajstić information content (AvgIpc) is 3.32. The molecular formula is C20H18FN3O2. The lowest BCUT2D eigenvalue weighted by Crippen LogP contribution is -2.49. The molecule has 0 bridgehead atoms. The second kappa shape index (κ2) is 5.30. The van der Waals surface area contributed by atoms with E-state index in [9.17, 15) is 9.18 Å². The zero-order valence-electron chi connectivity index (χ0n) is 14.3. The quantitative estimate of drug-likeness (QED) is 0.722. The van der Waals surface area contributed by atoms with Crippen molar-refractivity contribution in [2.75, 3.05) is 7.11 Å². The summed E-state index contributed by atoms with van der Waals surface area (Å²) in [5, 5.41) is 1.07. The van der Waals surface area contributed by atoms with Crippen LogP contribution < -0.4 is 0 Å². The number of aromatic nitrogens is 2. The van der Waals surface area contributed by atoms with Crippen molar-refractivity contribution in [3.8, 4) is 0 Å². The molecule has 1 aliphatic carbocycles. The van der Waals surface area contributed by atoms with Crippen LogP contribution in [0.4, 0.5) is 9.18 Å². The van der Waals surface area contributed by atoms with E-state index in [4.69, 9.17) is 4.74 Å². The molecule has 1 fully saturated rings. The van der Waals surface area contributed by atoms with Crippen LogP contribution in [0, 0.1) is 5.82 Å². The Bertz CT molecular complexity index is 1020. The van der Waals surface area contributed by atoms with Gasteiger partial charge in [0.05, 0.1) is 12.6 Å². The van der Waals surface area contributed by atoms with E-state index in [0.29, 0.717) is 0 Å². The molecule has 1 N–H and O–H groups in total. The van der Waals surface area contributed by atoms with E-state index in [1.54, 1.807) is 17.2 Å². The number of carbonyl (C=O) groups is 1. The molecular weight excluding hydrogens is 333 g/mol. The number of nitrogens with one attached hydrogen (secondary N) is 1. The molecule has 1 atom stereocenters. The van der Waals surface area contributed by atoms with Crippen molar-refractivity contribution in [3.63, 3.8) is 0 Å². The fourth-order valence-electron chi connectivity index (χ4n) is 4.29. The molecule has 3 heterocycles. The lowest BCUT2D eigenvalue weighted by molar-refractivity contribution is 0.0751. The molecule has 5 nitrogen and oxygen atoms in total. The minimum atomic E-state index is -0.418. The van der Waals surface area contributed by atoms with Crippen LogP contribution in [0.2, 0.25) is 0 Å². The van der Waals surface area contributed by atoms with Crippen LogP contribution in [0.15, 0.2) is 42.6 Å². The summed E-state index contributed by atoms with van der Waals surface area (Å²) in [7, 11) is 1.39. The molecule has 1 aliphatic heterocycles. The van der Waals surface area contributed by atoms with Gasteiger partial charge in [0.1, 0.15) is 17.5 Å². The molecule has 1 unspecified atom stereocenters. The number of pyridine rings is 1. The van der Waals surface area contributed by atoms with Gasteiger partial charge in [-0.05, 0) is 54.7 Å². The summed E-state index contributed by atoms with van der Waals surface area (Å²) in [6, 6.07) is 9.98. The Labute approximate surface area is 149 Å². The van der Waals surface area contributed by atoms with E-state index in [0.717, 1.165) is 41.6 Å². The van der Waals surface area contributed by atoms with E-state index in [1.165, 1.54) is 24.8 Å². The van der Waals surface area contributed by atoms with Crippen LogP contribution in [0.5, 0.6) is 0 Å². The van der Waals surface area contributed by atoms with E-state index < -0.39 is 6.04 Å². The third-order valence-electron chi connectivity index (χ3n) is 5.62. The topological polar surface area (TPSA) is 58.2 Å². The van der Waals surface area contributed by atoms with Gasteiger partial charge in [-0.15, -0.1) is 0 Å². The molecule has 2 aliphatic rings. The summed E-state index contributed by atoms with van der Waals surface area (Å²) in [6.45, 7) is 0. The molecule has 3 aromatic rings. The Morgan fingerprint density at radius 3 is 2.92 bits per heavy atom. The number of carbonyl (C=O) groups excluding carboxylic acids is 1. The Morgan fingerprint density at radius 2 is 2.19 bits per heavy atom. The lowest BCUT2D eigenvalue weighted by Gasteiger charge is -2.42. The van der Waals surface area contributed by atoms with Crippen LogP contribution in [0.3, 0.4) is 0 Å². The number of benzene rings is 1. The van der Waals surface area contributed by atoms with Crippen LogP contribution >= 0.6 is 0 Å². The summed E-state index contributed by atoms with van der Waals surface area (Å²) >= 11 is 0. The largest absolute Gasteiger partial charge is 0.453 e. The number of methoxy groups -OCH3 is 1. The summed E-state index contributed by atoms with van der Waals surface area (Å²) in [5.74, 6) is -0.321. The summed E-state index contributed by atoms with van der Waals surface area (Å²) in [4.78, 5) is 22.3. The SMILES string of the molecule is COC(=O)N1C(c2cccc(F)c2)c2[nH]c3ncccc3c2CC12CC2.